The summed E-state index contributed by atoms with van der Waals surface area (Å²) in [6, 6.07) is 22.6. The second kappa shape index (κ2) is 13.9. The number of aliphatic hydroxyl groups excluding tert-OH is 1. The number of nitrogens with one attached hydrogen (secondary N) is 3. The topological polar surface area (TPSA) is 95.1 Å². The molecule has 218 valence electrons. The van der Waals surface area contributed by atoms with Crippen molar-refractivity contribution in [1.29, 1.82) is 0 Å². The molecule has 41 heavy (non-hydrogen) atoms. The van der Waals surface area contributed by atoms with Crippen molar-refractivity contribution < 1.29 is 19.4 Å². The Morgan fingerprint density at radius 3 is 2.46 bits per heavy atom. The molecule has 1 aliphatic heterocycles. The third kappa shape index (κ3) is 7.58. The normalized spacial score (nSPS) is 16.3. The maximum absolute atomic E-state index is 13.0. The maximum atomic E-state index is 13.0. The Morgan fingerprint density at radius 2 is 1.76 bits per heavy atom. The van der Waals surface area contributed by atoms with Crippen LogP contribution in [0.3, 0.4) is 0 Å². The lowest BCUT2D eigenvalue weighted by Crippen LogP contribution is -2.44. The molecule has 1 heterocycles. The first-order chi connectivity index (χ1) is 20.0. The van der Waals surface area contributed by atoms with Gasteiger partial charge in [0.25, 0.3) is 5.91 Å². The van der Waals surface area contributed by atoms with Gasteiger partial charge in [-0.2, -0.15) is 0 Å². The molecule has 8 nitrogen and oxygen atoms in total. The van der Waals surface area contributed by atoms with E-state index in [0.717, 1.165) is 61.5 Å². The minimum Gasteiger partial charge on any atom is -0.497 e. The van der Waals surface area contributed by atoms with Crippen molar-refractivity contribution >= 4 is 11.6 Å². The van der Waals surface area contributed by atoms with E-state index in [4.69, 9.17) is 9.47 Å². The Kier molecular flexibility index (Phi) is 9.77. The van der Waals surface area contributed by atoms with Crippen LogP contribution in [0, 0.1) is 0 Å². The van der Waals surface area contributed by atoms with Crippen molar-refractivity contribution in [2.45, 2.75) is 50.4 Å². The van der Waals surface area contributed by atoms with Crippen LogP contribution < -0.4 is 25.4 Å². The lowest BCUT2D eigenvalue weighted by atomic mass is 10.1. The fourth-order valence-electron chi connectivity index (χ4n) is 5.94. The Hall–Kier alpha value is -3.59. The zero-order valence-electron chi connectivity index (χ0n) is 24.1. The van der Waals surface area contributed by atoms with Gasteiger partial charge in [-0.15, -0.1) is 0 Å². The fraction of sp³-hybridized carbons (Fsp3) is 0.424. The first kappa shape index (κ1) is 28.9. The third-order valence-electron chi connectivity index (χ3n) is 8.19. The number of rotatable bonds is 12. The smallest absolute Gasteiger partial charge is 0.251 e. The second-order valence-corrected chi connectivity index (χ2v) is 11.1. The van der Waals surface area contributed by atoms with Crippen LogP contribution in [0.5, 0.6) is 11.5 Å². The fourth-order valence-corrected chi connectivity index (χ4v) is 5.94. The van der Waals surface area contributed by atoms with Crippen molar-refractivity contribution in [1.82, 2.24) is 15.5 Å². The summed E-state index contributed by atoms with van der Waals surface area (Å²) < 4.78 is 11.0. The van der Waals surface area contributed by atoms with Crippen LogP contribution >= 0.6 is 0 Å². The molecule has 3 aromatic rings. The molecule has 1 unspecified atom stereocenters. The molecule has 0 spiro atoms. The number of anilines is 1. The highest BCUT2D eigenvalue weighted by atomic mass is 16.5. The molecule has 1 amide bonds. The average Bonchev–Trinajstić information content (AvgIpc) is 3.45. The molecule has 4 N–H and O–H groups in total. The van der Waals surface area contributed by atoms with Crippen LogP contribution in [0.4, 0.5) is 5.69 Å². The van der Waals surface area contributed by atoms with Crippen LogP contribution in [-0.4, -0.2) is 74.5 Å². The molecule has 1 aliphatic carbocycles. The first-order valence-electron chi connectivity index (χ1n) is 14.6. The molecule has 0 aromatic heterocycles. The quantitative estimate of drug-likeness (QED) is 0.270. The predicted molar refractivity (Wildman–Crippen MR) is 162 cm³/mol. The average molecular weight is 559 g/mol. The van der Waals surface area contributed by atoms with E-state index in [-0.39, 0.29) is 18.5 Å². The summed E-state index contributed by atoms with van der Waals surface area (Å²) in [5.74, 6) is 1.31. The van der Waals surface area contributed by atoms with Crippen LogP contribution in [0.25, 0.3) is 0 Å². The van der Waals surface area contributed by atoms with Crippen LogP contribution in [0.2, 0.25) is 0 Å². The van der Waals surface area contributed by atoms with Gasteiger partial charge in [-0.3, -0.25) is 9.69 Å². The highest BCUT2D eigenvalue weighted by Gasteiger charge is 2.29. The number of aliphatic hydroxyl groups is 1. The number of carbonyl (C=O) groups excluding carboxylic acids is 1. The van der Waals surface area contributed by atoms with E-state index in [0.29, 0.717) is 24.7 Å². The summed E-state index contributed by atoms with van der Waals surface area (Å²) >= 11 is 0. The van der Waals surface area contributed by atoms with E-state index in [1.807, 2.05) is 42.5 Å². The van der Waals surface area contributed by atoms with Crippen LogP contribution in [-0.2, 0) is 19.4 Å². The van der Waals surface area contributed by atoms with E-state index < -0.39 is 6.10 Å². The monoisotopic (exact) mass is 558 g/mol. The van der Waals surface area contributed by atoms with Gasteiger partial charge in [0, 0.05) is 54.6 Å². The SMILES string of the molecule is COc1ccc(CN(CC(O)CNC(=O)c2cccc(NC3CCNCC3)c2)C2Cc3ccccc3C2)c(OC)c1. The molecular weight excluding hydrogens is 516 g/mol. The highest BCUT2D eigenvalue weighted by molar-refractivity contribution is 5.95. The van der Waals surface area contributed by atoms with Crippen molar-refractivity contribution in [3.8, 4) is 11.5 Å². The van der Waals surface area contributed by atoms with Gasteiger partial charge in [-0.1, -0.05) is 36.4 Å². The van der Waals surface area contributed by atoms with E-state index in [9.17, 15) is 9.90 Å². The number of carbonyl (C=O) groups is 1. The van der Waals surface area contributed by atoms with Gasteiger partial charge in [0.15, 0.2) is 0 Å². The lowest BCUT2D eigenvalue weighted by molar-refractivity contribution is 0.0747. The molecule has 1 fully saturated rings. The van der Waals surface area contributed by atoms with Crippen LogP contribution in [0.15, 0.2) is 66.7 Å². The predicted octanol–water partition coefficient (Wildman–Crippen LogP) is 3.63. The molecular formula is C33H42N4O4. The van der Waals surface area contributed by atoms with Crippen molar-refractivity contribution in [3.63, 3.8) is 0 Å². The summed E-state index contributed by atoms with van der Waals surface area (Å²) in [5, 5.41) is 21.0. The number of fused-ring (bicyclic) bond motifs is 1. The second-order valence-electron chi connectivity index (χ2n) is 11.1. The van der Waals surface area contributed by atoms with Gasteiger partial charge in [-0.05, 0) is 74.2 Å². The van der Waals surface area contributed by atoms with Gasteiger partial charge in [-0.25, -0.2) is 0 Å². The Labute approximate surface area is 243 Å². The van der Waals surface area contributed by atoms with E-state index in [2.05, 4.69) is 45.1 Å². The van der Waals surface area contributed by atoms with E-state index in [1.165, 1.54) is 11.1 Å². The summed E-state index contributed by atoms with van der Waals surface area (Å²) in [4.78, 5) is 15.3. The molecule has 0 radical (unpaired) electrons. The summed E-state index contributed by atoms with van der Waals surface area (Å²) in [7, 11) is 3.30. The molecule has 5 rings (SSSR count). The van der Waals surface area contributed by atoms with E-state index in [1.54, 1.807) is 14.2 Å². The standard InChI is InChI=1S/C33H42N4O4/c1-40-31-11-10-26(32(19-31)41-2)21-37(29-17-23-6-3-4-7-24(23)18-29)22-30(38)20-35-33(39)25-8-5-9-28(16-25)36-27-12-14-34-15-13-27/h3-11,16,19,27,29-30,34,36,38H,12-15,17-18,20-22H2,1-2H3,(H,35,39). The Balaban J connectivity index is 1.23. The zero-order chi connectivity index (χ0) is 28.6. The number of methoxy groups -OCH3 is 2. The molecule has 1 saturated heterocycles. The minimum absolute atomic E-state index is 0.167. The Bertz CT molecular complexity index is 1280. The van der Waals surface area contributed by atoms with Crippen molar-refractivity contribution in [3.05, 3.63) is 89.0 Å². The molecule has 3 aromatic carbocycles. The number of benzene rings is 3. The molecule has 8 heteroatoms. The largest absolute Gasteiger partial charge is 0.497 e. The molecule has 1 atom stereocenters. The van der Waals surface area contributed by atoms with Gasteiger partial charge >= 0.3 is 0 Å². The summed E-state index contributed by atoms with van der Waals surface area (Å²) in [6.45, 7) is 3.21. The van der Waals surface area contributed by atoms with Gasteiger partial charge in [0.1, 0.15) is 11.5 Å². The number of amides is 1. The van der Waals surface area contributed by atoms with Gasteiger partial charge < -0.3 is 30.5 Å². The maximum Gasteiger partial charge on any atom is 0.251 e. The number of hydrogen-bond acceptors (Lipinski definition) is 7. The number of piperidine rings is 1. The Morgan fingerprint density at radius 1 is 1.00 bits per heavy atom. The van der Waals surface area contributed by atoms with Gasteiger partial charge in [0.2, 0.25) is 0 Å². The van der Waals surface area contributed by atoms with E-state index >= 15 is 0 Å². The summed E-state index contributed by atoms with van der Waals surface area (Å²) in [6.07, 6.45) is 3.24. The highest BCUT2D eigenvalue weighted by Crippen LogP contribution is 2.30. The molecule has 0 bridgehead atoms. The summed E-state index contributed by atoms with van der Waals surface area (Å²) in [5.41, 5.74) is 5.27. The molecule has 0 saturated carbocycles. The van der Waals surface area contributed by atoms with Crippen LogP contribution in [0.1, 0.15) is 39.9 Å². The molecule has 2 aliphatic rings. The number of hydrogen-bond donors (Lipinski definition) is 4. The lowest BCUT2D eigenvalue weighted by Gasteiger charge is -2.31. The third-order valence-corrected chi connectivity index (χ3v) is 8.19. The number of nitrogens with zero attached hydrogens (tertiary/aromatic N) is 1. The van der Waals surface area contributed by atoms with Gasteiger partial charge in [0.05, 0.1) is 20.3 Å². The zero-order valence-corrected chi connectivity index (χ0v) is 24.1. The number of ether oxygens (including phenoxy) is 2. The van der Waals surface area contributed by atoms with Crippen molar-refractivity contribution in [2.75, 3.05) is 45.7 Å². The van der Waals surface area contributed by atoms with Crippen molar-refractivity contribution in [2.24, 2.45) is 0 Å². The first-order valence-corrected chi connectivity index (χ1v) is 14.6. The minimum atomic E-state index is -0.733.